The number of aromatic nitrogens is 1. The van der Waals surface area contributed by atoms with Gasteiger partial charge in [-0.25, -0.2) is 0 Å². The van der Waals surface area contributed by atoms with Crippen LogP contribution in [0.25, 0.3) is 32.8 Å². The van der Waals surface area contributed by atoms with E-state index in [1.807, 2.05) is 36.4 Å². The fourth-order valence-electron chi connectivity index (χ4n) is 4.26. The summed E-state index contributed by atoms with van der Waals surface area (Å²) in [5.41, 5.74) is 9.30. The summed E-state index contributed by atoms with van der Waals surface area (Å²) in [5.74, 6) is -0.493. The Balaban J connectivity index is 1.58. The van der Waals surface area contributed by atoms with Gasteiger partial charge in [-0.15, -0.1) is 0 Å². The highest BCUT2D eigenvalue weighted by atomic mass is 35.5. The second-order valence-electron chi connectivity index (χ2n) is 8.15. The summed E-state index contributed by atoms with van der Waals surface area (Å²) in [6.07, 6.45) is 1.70. The topological polar surface area (TPSA) is 94.3 Å². The van der Waals surface area contributed by atoms with Crippen LogP contribution in [-0.2, 0) is 0 Å². The van der Waals surface area contributed by atoms with E-state index < -0.39 is 5.91 Å². The quantitative estimate of drug-likeness (QED) is 0.271. The fraction of sp³-hybridized carbons (Fsp3) is 0.0357. The highest BCUT2D eigenvalue weighted by molar-refractivity contribution is 6.35. The first-order valence-corrected chi connectivity index (χ1v) is 11.7. The number of nitrogens with zero attached hydrogens (tertiary/aromatic N) is 1. The van der Waals surface area contributed by atoms with Gasteiger partial charge in [0.1, 0.15) is 5.75 Å². The Kier molecular flexibility index (Phi) is 6.22. The molecule has 0 spiro atoms. The highest BCUT2D eigenvalue weighted by Crippen LogP contribution is 2.34. The van der Waals surface area contributed by atoms with Crippen LogP contribution >= 0.6 is 23.2 Å². The maximum atomic E-state index is 13.1. The summed E-state index contributed by atoms with van der Waals surface area (Å²) >= 11 is 12.1. The first kappa shape index (κ1) is 23.6. The third-order valence-electron chi connectivity index (χ3n) is 5.88. The monoisotopic (exact) mass is 515 g/mol. The van der Waals surface area contributed by atoms with Crippen molar-refractivity contribution in [2.45, 2.75) is 0 Å². The molecular weight excluding hydrogens is 497 g/mol. The molecule has 0 aliphatic rings. The number of carbonyl (C=O) groups is 2. The number of ether oxygens (including phenoxy) is 1. The molecule has 4 aromatic carbocycles. The second kappa shape index (κ2) is 9.49. The number of nitrogens with two attached hydrogens (primary N) is 1. The van der Waals surface area contributed by atoms with Crippen molar-refractivity contribution in [3.8, 4) is 16.9 Å². The van der Waals surface area contributed by atoms with Crippen molar-refractivity contribution in [2.24, 2.45) is 5.73 Å². The molecule has 0 aliphatic heterocycles. The second-order valence-corrected chi connectivity index (χ2v) is 9.02. The zero-order valence-electron chi connectivity index (χ0n) is 19.0. The molecule has 0 aliphatic carbocycles. The smallest absolute Gasteiger partial charge is 0.256 e. The van der Waals surface area contributed by atoms with Crippen LogP contribution in [0.2, 0.25) is 10.0 Å². The van der Waals surface area contributed by atoms with E-state index >= 15 is 0 Å². The van der Waals surface area contributed by atoms with Crippen LogP contribution in [0.5, 0.6) is 5.75 Å². The predicted octanol–water partition coefficient (Wildman–Crippen LogP) is 6.72. The molecule has 0 radical (unpaired) electrons. The molecule has 2 amide bonds. The Morgan fingerprint density at radius 1 is 0.889 bits per heavy atom. The lowest BCUT2D eigenvalue weighted by Crippen LogP contribution is -2.12. The molecule has 5 rings (SSSR count). The average molecular weight is 516 g/mol. The van der Waals surface area contributed by atoms with E-state index in [1.165, 1.54) is 7.11 Å². The van der Waals surface area contributed by atoms with Crippen LogP contribution in [0, 0.1) is 0 Å². The molecule has 178 valence electrons. The maximum Gasteiger partial charge on any atom is 0.256 e. The number of amides is 2. The molecule has 1 aromatic heterocycles. The molecule has 6 nitrogen and oxygen atoms in total. The standard InChI is InChI=1S/C28H19Cl2N3O3/c1-36-26-14-25-23(13-24(26)27(31)34)21(7-8-32-25)16-5-6-20-15(9-16)3-2-4-22(20)28(35)33-19-11-17(29)10-18(30)12-19/h2-14H,1H3,(H2,31,34)(H,33,35). The number of primary amides is 1. The summed E-state index contributed by atoms with van der Waals surface area (Å²) < 4.78 is 5.32. The summed E-state index contributed by atoms with van der Waals surface area (Å²) in [4.78, 5) is 29.5. The number of hydrogen-bond donors (Lipinski definition) is 2. The third kappa shape index (κ3) is 4.44. The van der Waals surface area contributed by atoms with Gasteiger partial charge in [0.25, 0.3) is 11.8 Å². The van der Waals surface area contributed by atoms with Crippen molar-refractivity contribution in [2.75, 3.05) is 12.4 Å². The lowest BCUT2D eigenvalue weighted by molar-refractivity contribution is 0.0995. The van der Waals surface area contributed by atoms with E-state index in [2.05, 4.69) is 10.3 Å². The van der Waals surface area contributed by atoms with E-state index in [1.54, 1.807) is 42.6 Å². The summed E-state index contributed by atoms with van der Waals surface area (Å²) in [5, 5.41) is 6.14. The molecule has 8 heteroatoms. The van der Waals surface area contributed by atoms with Gasteiger partial charge in [0, 0.05) is 38.9 Å². The molecule has 5 aromatic rings. The normalized spacial score (nSPS) is 11.0. The number of fused-ring (bicyclic) bond motifs is 2. The van der Waals surface area contributed by atoms with Crippen LogP contribution in [0.15, 0.2) is 79.0 Å². The fourth-order valence-corrected chi connectivity index (χ4v) is 4.79. The van der Waals surface area contributed by atoms with Crippen molar-refractivity contribution in [1.82, 2.24) is 4.98 Å². The lowest BCUT2D eigenvalue weighted by atomic mass is 9.95. The number of carbonyl (C=O) groups excluding carboxylic acids is 2. The van der Waals surface area contributed by atoms with Crippen LogP contribution in [0.3, 0.4) is 0 Å². The van der Waals surface area contributed by atoms with Crippen LogP contribution in [0.4, 0.5) is 5.69 Å². The van der Waals surface area contributed by atoms with Crippen molar-refractivity contribution < 1.29 is 14.3 Å². The molecular formula is C28H19Cl2N3O3. The van der Waals surface area contributed by atoms with Crippen molar-refractivity contribution in [3.05, 3.63) is 100 Å². The van der Waals surface area contributed by atoms with Gasteiger partial charge in [-0.1, -0.05) is 47.5 Å². The highest BCUT2D eigenvalue weighted by Gasteiger charge is 2.16. The summed E-state index contributed by atoms with van der Waals surface area (Å²) in [7, 11) is 1.48. The minimum Gasteiger partial charge on any atom is -0.496 e. The van der Waals surface area contributed by atoms with Crippen LogP contribution in [-0.4, -0.2) is 23.9 Å². The number of benzene rings is 4. The van der Waals surface area contributed by atoms with Gasteiger partial charge in [-0.3, -0.25) is 14.6 Å². The molecule has 0 fully saturated rings. The minimum absolute atomic E-state index is 0.278. The van der Waals surface area contributed by atoms with E-state index in [0.717, 1.165) is 27.3 Å². The Hall–Kier alpha value is -4.13. The predicted molar refractivity (Wildman–Crippen MR) is 144 cm³/mol. The molecule has 36 heavy (non-hydrogen) atoms. The Morgan fingerprint density at radius 3 is 2.39 bits per heavy atom. The number of rotatable bonds is 5. The van der Waals surface area contributed by atoms with Crippen LogP contribution < -0.4 is 15.8 Å². The van der Waals surface area contributed by atoms with E-state index in [9.17, 15) is 9.59 Å². The number of anilines is 1. The number of nitrogens with one attached hydrogen (secondary N) is 1. The SMILES string of the molecule is COc1cc2nccc(-c3ccc4c(C(=O)Nc5cc(Cl)cc(Cl)c5)cccc4c3)c2cc1C(N)=O. The molecule has 0 atom stereocenters. The minimum atomic E-state index is -0.585. The average Bonchev–Trinajstić information content (AvgIpc) is 2.86. The van der Waals surface area contributed by atoms with Crippen molar-refractivity contribution in [3.63, 3.8) is 0 Å². The van der Waals surface area contributed by atoms with Gasteiger partial charge in [0.2, 0.25) is 0 Å². The largest absolute Gasteiger partial charge is 0.496 e. The van der Waals surface area contributed by atoms with Gasteiger partial charge in [-0.2, -0.15) is 0 Å². The molecule has 0 saturated carbocycles. The summed E-state index contributed by atoms with van der Waals surface area (Å²) in [6, 6.07) is 21.5. The van der Waals surface area contributed by atoms with Gasteiger partial charge in [-0.05, 0) is 64.4 Å². The molecule has 0 saturated heterocycles. The number of halogens is 2. The Morgan fingerprint density at radius 2 is 1.67 bits per heavy atom. The first-order valence-electron chi connectivity index (χ1n) is 10.9. The third-order valence-corrected chi connectivity index (χ3v) is 6.32. The van der Waals surface area contributed by atoms with Crippen LogP contribution in [0.1, 0.15) is 20.7 Å². The zero-order chi connectivity index (χ0) is 25.4. The lowest BCUT2D eigenvalue weighted by Gasteiger charge is -2.13. The van der Waals surface area contributed by atoms with Gasteiger partial charge >= 0.3 is 0 Å². The zero-order valence-corrected chi connectivity index (χ0v) is 20.5. The first-order chi connectivity index (χ1) is 17.3. The van der Waals surface area contributed by atoms with E-state index in [0.29, 0.717) is 32.6 Å². The van der Waals surface area contributed by atoms with Crippen molar-refractivity contribution in [1.29, 1.82) is 0 Å². The van der Waals surface area contributed by atoms with E-state index in [-0.39, 0.29) is 11.5 Å². The number of hydrogen-bond acceptors (Lipinski definition) is 4. The number of pyridine rings is 1. The summed E-state index contributed by atoms with van der Waals surface area (Å²) in [6.45, 7) is 0. The Labute approximate surface area is 216 Å². The molecule has 3 N–H and O–H groups in total. The van der Waals surface area contributed by atoms with Gasteiger partial charge < -0.3 is 15.8 Å². The van der Waals surface area contributed by atoms with E-state index in [4.69, 9.17) is 33.7 Å². The van der Waals surface area contributed by atoms with Gasteiger partial charge in [0.05, 0.1) is 18.2 Å². The molecule has 0 unspecified atom stereocenters. The maximum absolute atomic E-state index is 13.1. The van der Waals surface area contributed by atoms with Gasteiger partial charge in [0.15, 0.2) is 0 Å². The Bertz CT molecular complexity index is 1660. The molecule has 1 heterocycles. The number of methoxy groups -OCH3 is 1. The van der Waals surface area contributed by atoms with Crippen molar-refractivity contribution >= 4 is 62.4 Å². The molecule has 0 bridgehead atoms.